The molecule has 28 heavy (non-hydrogen) atoms. The molecule has 6 heteroatoms. The van der Waals surface area contributed by atoms with Crippen molar-refractivity contribution in [1.29, 1.82) is 0 Å². The summed E-state index contributed by atoms with van der Waals surface area (Å²) in [4.78, 5) is 19.1. The van der Waals surface area contributed by atoms with Gasteiger partial charge in [-0.25, -0.2) is 0 Å². The van der Waals surface area contributed by atoms with E-state index in [0.29, 0.717) is 31.2 Å². The van der Waals surface area contributed by atoms with E-state index in [0.717, 1.165) is 18.1 Å². The van der Waals surface area contributed by atoms with E-state index in [9.17, 15) is 4.79 Å². The molecule has 152 valence electrons. The number of benzene rings is 1. The van der Waals surface area contributed by atoms with Crippen LogP contribution < -0.4 is 5.32 Å². The van der Waals surface area contributed by atoms with Gasteiger partial charge in [0, 0.05) is 37.0 Å². The van der Waals surface area contributed by atoms with Gasteiger partial charge in [0.25, 0.3) is 0 Å². The predicted molar refractivity (Wildman–Crippen MR) is 110 cm³/mol. The van der Waals surface area contributed by atoms with Gasteiger partial charge in [0.15, 0.2) is 5.82 Å². The minimum atomic E-state index is 0.0148. The Morgan fingerprint density at radius 3 is 2.75 bits per heavy atom. The lowest BCUT2D eigenvalue weighted by molar-refractivity contribution is -0.116. The van der Waals surface area contributed by atoms with Crippen molar-refractivity contribution in [2.45, 2.75) is 77.8 Å². The van der Waals surface area contributed by atoms with Crippen LogP contribution in [0.4, 0.5) is 5.69 Å². The third-order valence-electron chi connectivity index (χ3n) is 5.36. The number of carbonyl (C=O) groups excluding carboxylic acids is 1. The van der Waals surface area contributed by atoms with Gasteiger partial charge in [-0.2, -0.15) is 4.98 Å². The van der Waals surface area contributed by atoms with Crippen LogP contribution in [0.25, 0.3) is 0 Å². The Hall–Kier alpha value is -2.21. The Labute approximate surface area is 167 Å². The largest absolute Gasteiger partial charge is 0.339 e. The van der Waals surface area contributed by atoms with Crippen molar-refractivity contribution in [3.63, 3.8) is 0 Å². The zero-order valence-electron chi connectivity index (χ0n) is 17.3. The van der Waals surface area contributed by atoms with Crippen LogP contribution in [0, 0.1) is 0 Å². The Bertz CT molecular complexity index is 754. The van der Waals surface area contributed by atoms with Gasteiger partial charge >= 0.3 is 0 Å². The third-order valence-corrected chi connectivity index (χ3v) is 5.36. The number of hydrogen-bond donors (Lipinski definition) is 1. The first-order valence-corrected chi connectivity index (χ1v) is 10.5. The lowest BCUT2D eigenvalue weighted by atomic mass is 10.0. The highest BCUT2D eigenvalue weighted by atomic mass is 16.5. The molecule has 0 saturated carbocycles. The first-order chi connectivity index (χ1) is 13.5. The van der Waals surface area contributed by atoms with Gasteiger partial charge in [0.2, 0.25) is 11.8 Å². The molecule has 0 radical (unpaired) electrons. The van der Waals surface area contributed by atoms with E-state index in [2.05, 4.69) is 39.4 Å². The maximum atomic E-state index is 12.2. The summed E-state index contributed by atoms with van der Waals surface area (Å²) in [7, 11) is 0. The fourth-order valence-electron chi connectivity index (χ4n) is 3.55. The number of piperidine rings is 1. The first-order valence-electron chi connectivity index (χ1n) is 10.5. The molecular formula is C22H32N4O2. The number of aryl methyl sites for hydroxylation is 1. The SMILES string of the molecule is CC(C)c1noc(CCCC(=O)Nc2ccc(CN3CCCCC3C)cc2)n1. The third kappa shape index (κ3) is 5.89. The van der Waals surface area contributed by atoms with Gasteiger partial charge in [-0.05, 0) is 50.4 Å². The van der Waals surface area contributed by atoms with Crippen molar-refractivity contribution in [3.05, 3.63) is 41.5 Å². The fourth-order valence-corrected chi connectivity index (χ4v) is 3.55. The smallest absolute Gasteiger partial charge is 0.226 e. The van der Waals surface area contributed by atoms with E-state index in [4.69, 9.17) is 4.52 Å². The number of likely N-dealkylation sites (tertiary alicyclic amines) is 1. The standard InChI is InChI=1S/C22H32N4O2/c1-16(2)22-24-21(28-25-22)9-6-8-20(27)23-19-12-10-18(11-13-19)15-26-14-5-4-7-17(26)3/h10-13,16-17H,4-9,14-15H2,1-3H3,(H,23,27). The van der Waals surface area contributed by atoms with E-state index in [1.165, 1.54) is 31.4 Å². The molecule has 1 aliphatic rings. The zero-order chi connectivity index (χ0) is 19.9. The second kappa shape index (κ2) is 9.82. The summed E-state index contributed by atoms with van der Waals surface area (Å²) < 4.78 is 5.21. The molecule has 1 amide bonds. The van der Waals surface area contributed by atoms with Crippen LogP contribution in [0.3, 0.4) is 0 Å². The molecule has 0 spiro atoms. The molecule has 0 aliphatic carbocycles. The second-order valence-corrected chi connectivity index (χ2v) is 8.11. The second-order valence-electron chi connectivity index (χ2n) is 8.11. The van der Waals surface area contributed by atoms with Crippen LogP contribution in [0.2, 0.25) is 0 Å². The Balaban J connectivity index is 1.41. The Kier molecular flexibility index (Phi) is 7.20. The number of aromatic nitrogens is 2. The van der Waals surface area contributed by atoms with Crippen molar-refractivity contribution < 1.29 is 9.32 Å². The number of nitrogens with zero attached hydrogens (tertiary/aromatic N) is 3. The number of nitrogens with one attached hydrogen (secondary N) is 1. The van der Waals surface area contributed by atoms with Gasteiger partial charge in [-0.15, -0.1) is 0 Å². The van der Waals surface area contributed by atoms with Crippen molar-refractivity contribution in [1.82, 2.24) is 15.0 Å². The predicted octanol–water partition coefficient (Wildman–Crippen LogP) is 4.53. The molecule has 1 atom stereocenters. The zero-order valence-corrected chi connectivity index (χ0v) is 17.3. The molecule has 2 heterocycles. The number of rotatable bonds is 8. The summed E-state index contributed by atoms with van der Waals surface area (Å²) in [6.07, 6.45) is 5.68. The van der Waals surface area contributed by atoms with Crippen molar-refractivity contribution in [2.75, 3.05) is 11.9 Å². The molecule has 1 N–H and O–H groups in total. The molecule has 3 rings (SSSR count). The molecule has 1 saturated heterocycles. The molecule has 1 fully saturated rings. The van der Waals surface area contributed by atoms with Gasteiger partial charge in [-0.3, -0.25) is 9.69 Å². The molecular weight excluding hydrogens is 352 g/mol. The maximum absolute atomic E-state index is 12.2. The minimum absolute atomic E-state index is 0.0148. The molecule has 0 bridgehead atoms. The van der Waals surface area contributed by atoms with Crippen molar-refractivity contribution >= 4 is 11.6 Å². The molecule has 1 unspecified atom stereocenters. The molecule has 6 nitrogen and oxygen atoms in total. The van der Waals surface area contributed by atoms with Crippen LogP contribution >= 0.6 is 0 Å². The number of hydrogen-bond acceptors (Lipinski definition) is 5. The molecule has 1 aromatic heterocycles. The van der Waals surface area contributed by atoms with Crippen LogP contribution in [0.15, 0.2) is 28.8 Å². The molecule has 1 aromatic carbocycles. The van der Waals surface area contributed by atoms with E-state index >= 15 is 0 Å². The average Bonchev–Trinajstić information content (AvgIpc) is 3.14. The highest BCUT2D eigenvalue weighted by Gasteiger charge is 2.18. The summed E-state index contributed by atoms with van der Waals surface area (Å²) >= 11 is 0. The number of amides is 1. The quantitative estimate of drug-likeness (QED) is 0.724. The van der Waals surface area contributed by atoms with Gasteiger partial charge in [0.05, 0.1) is 0 Å². The van der Waals surface area contributed by atoms with Crippen molar-refractivity contribution in [2.24, 2.45) is 0 Å². The minimum Gasteiger partial charge on any atom is -0.339 e. The van der Waals surface area contributed by atoms with Crippen LogP contribution in [-0.2, 0) is 17.8 Å². The Morgan fingerprint density at radius 2 is 2.07 bits per heavy atom. The Morgan fingerprint density at radius 1 is 1.29 bits per heavy atom. The lowest BCUT2D eigenvalue weighted by Gasteiger charge is -2.33. The van der Waals surface area contributed by atoms with E-state index in [1.54, 1.807) is 0 Å². The fraction of sp³-hybridized carbons (Fsp3) is 0.591. The summed E-state index contributed by atoms with van der Waals surface area (Å²) in [5.74, 6) is 1.59. The first kappa shape index (κ1) is 20.5. The monoisotopic (exact) mass is 384 g/mol. The number of anilines is 1. The highest BCUT2D eigenvalue weighted by molar-refractivity contribution is 5.90. The van der Waals surface area contributed by atoms with Crippen LogP contribution in [0.1, 0.15) is 76.1 Å². The van der Waals surface area contributed by atoms with E-state index in [-0.39, 0.29) is 11.8 Å². The summed E-state index contributed by atoms with van der Waals surface area (Å²) in [6.45, 7) is 8.53. The van der Waals surface area contributed by atoms with Crippen LogP contribution in [-0.4, -0.2) is 33.5 Å². The highest BCUT2D eigenvalue weighted by Crippen LogP contribution is 2.20. The number of carbonyl (C=O) groups is 1. The van der Waals surface area contributed by atoms with E-state index in [1.807, 2.05) is 26.0 Å². The van der Waals surface area contributed by atoms with Gasteiger partial charge in [0.1, 0.15) is 0 Å². The lowest BCUT2D eigenvalue weighted by Crippen LogP contribution is -2.36. The van der Waals surface area contributed by atoms with Crippen LogP contribution in [0.5, 0.6) is 0 Å². The summed E-state index contributed by atoms with van der Waals surface area (Å²) in [6, 6.07) is 8.87. The van der Waals surface area contributed by atoms with Gasteiger partial charge < -0.3 is 9.84 Å². The normalized spacial score (nSPS) is 17.8. The van der Waals surface area contributed by atoms with Crippen molar-refractivity contribution in [3.8, 4) is 0 Å². The average molecular weight is 385 g/mol. The maximum Gasteiger partial charge on any atom is 0.226 e. The summed E-state index contributed by atoms with van der Waals surface area (Å²) in [5.41, 5.74) is 2.14. The van der Waals surface area contributed by atoms with Gasteiger partial charge in [-0.1, -0.05) is 37.6 Å². The molecule has 2 aromatic rings. The summed E-state index contributed by atoms with van der Waals surface area (Å²) in [5, 5.41) is 6.92. The van der Waals surface area contributed by atoms with E-state index < -0.39 is 0 Å². The topological polar surface area (TPSA) is 71.3 Å². The molecule has 1 aliphatic heterocycles.